The number of nitro benzene ring substituents is 1. The van der Waals surface area contributed by atoms with Gasteiger partial charge in [-0.05, 0) is 43.3 Å². The summed E-state index contributed by atoms with van der Waals surface area (Å²) in [6.45, 7) is 4.50. The van der Waals surface area contributed by atoms with Crippen LogP contribution in [0.4, 0.5) is 5.69 Å². The number of rotatable bonds is 8. The maximum absolute atomic E-state index is 12.9. The average molecular weight is 474 g/mol. The molecule has 12 heteroatoms. The fraction of sp³-hybridized carbons (Fsp3) is 0.333. The lowest BCUT2D eigenvalue weighted by atomic mass is 10.2. The van der Waals surface area contributed by atoms with E-state index in [9.17, 15) is 18.5 Å². The molecule has 1 fully saturated rings. The molecule has 4 rings (SSSR count). The van der Waals surface area contributed by atoms with E-state index in [0.717, 1.165) is 0 Å². The molecule has 0 spiro atoms. The molecule has 2 aromatic carbocycles. The molecular weight excluding hydrogens is 450 g/mol. The van der Waals surface area contributed by atoms with Crippen LogP contribution in [0, 0.1) is 10.1 Å². The predicted molar refractivity (Wildman–Crippen MR) is 118 cm³/mol. The quantitative estimate of drug-likeness (QED) is 0.357. The number of nitrogens with zero attached hydrogens (tertiary/aromatic N) is 5. The second kappa shape index (κ2) is 9.65. The summed E-state index contributed by atoms with van der Waals surface area (Å²) in [6.07, 6.45) is 0. The van der Waals surface area contributed by atoms with E-state index in [2.05, 4.69) is 10.1 Å². The number of hydrogen-bond acceptors (Lipinski definition) is 9. The lowest BCUT2D eigenvalue weighted by Gasteiger charge is -2.33. The van der Waals surface area contributed by atoms with Gasteiger partial charge in [0.2, 0.25) is 21.7 Å². The summed E-state index contributed by atoms with van der Waals surface area (Å²) in [5.41, 5.74) is 0.599. The molecule has 1 aromatic heterocycles. The van der Waals surface area contributed by atoms with Crippen LogP contribution in [0.5, 0.6) is 5.75 Å². The summed E-state index contributed by atoms with van der Waals surface area (Å²) in [5, 5.41) is 14.7. The molecule has 0 N–H and O–H groups in total. The molecule has 2 heterocycles. The summed E-state index contributed by atoms with van der Waals surface area (Å²) in [6, 6.07) is 12.3. The third kappa shape index (κ3) is 5.18. The Morgan fingerprint density at radius 1 is 1.06 bits per heavy atom. The van der Waals surface area contributed by atoms with Crippen molar-refractivity contribution < 1.29 is 22.6 Å². The molecule has 3 aromatic rings. The number of nitro groups is 1. The Bertz CT molecular complexity index is 1200. The van der Waals surface area contributed by atoms with Gasteiger partial charge in [0.05, 0.1) is 23.0 Å². The van der Waals surface area contributed by atoms with Crippen molar-refractivity contribution in [2.75, 3.05) is 32.8 Å². The summed E-state index contributed by atoms with van der Waals surface area (Å²) < 4.78 is 38.0. The van der Waals surface area contributed by atoms with Crippen molar-refractivity contribution in [1.29, 1.82) is 0 Å². The number of non-ortho nitro benzene ring substituents is 1. The molecule has 1 aliphatic rings. The minimum absolute atomic E-state index is 0.0134. The van der Waals surface area contributed by atoms with E-state index in [-0.39, 0.29) is 10.6 Å². The molecule has 0 bridgehead atoms. The molecule has 0 amide bonds. The molecule has 0 unspecified atom stereocenters. The van der Waals surface area contributed by atoms with E-state index < -0.39 is 14.9 Å². The lowest BCUT2D eigenvalue weighted by Crippen LogP contribution is -2.48. The van der Waals surface area contributed by atoms with Crippen molar-refractivity contribution in [1.82, 2.24) is 19.3 Å². The molecular formula is C21H23N5O6S. The van der Waals surface area contributed by atoms with Gasteiger partial charge in [-0.3, -0.25) is 15.0 Å². The number of aromatic nitrogens is 2. The largest absolute Gasteiger partial charge is 0.494 e. The van der Waals surface area contributed by atoms with Gasteiger partial charge >= 0.3 is 0 Å². The Hall–Kier alpha value is -3.35. The van der Waals surface area contributed by atoms with Crippen molar-refractivity contribution >= 4 is 15.7 Å². The van der Waals surface area contributed by atoms with Crippen LogP contribution in [-0.2, 0) is 16.6 Å². The van der Waals surface area contributed by atoms with Crippen LogP contribution in [0.1, 0.15) is 12.8 Å². The van der Waals surface area contributed by atoms with Gasteiger partial charge in [0.15, 0.2) is 0 Å². The first-order valence-electron chi connectivity index (χ1n) is 10.4. The zero-order chi connectivity index (χ0) is 23.4. The first-order chi connectivity index (χ1) is 15.9. The molecule has 0 atom stereocenters. The van der Waals surface area contributed by atoms with Gasteiger partial charge in [-0.25, -0.2) is 8.42 Å². The van der Waals surface area contributed by atoms with E-state index in [4.69, 9.17) is 9.26 Å². The first kappa shape index (κ1) is 22.8. The molecule has 1 saturated heterocycles. The second-order valence-electron chi connectivity index (χ2n) is 7.40. The van der Waals surface area contributed by atoms with Gasteiger partial charge in [-0.1, -0.05) is 5.16 Å². The van der Waals surface area contributed by atoms with Crippen molar-refractivity contribution in [2.24, 2.45) is 0 Å². The first-order valence-corrected chi connectivity index (χ1v) is 11.8. The minimum Gasteiger partial charge on any atom is -0.494 e. The van der Waals surface area contributed by atoms with Gasteiger partial charge < -0.3 is 9.26 Å². The molecule has 33 heavy (non-hydrogen) atoms. The highest BCUT2D eigenvalue weighted by Gasteiger charge is 2.29. The summed E-state index contributed by atoms with van der Waals surface area (Å²) in [7, 11) is -3.58. The van der Waals surface area contributed by atoms with Crippen LogP contribution < -0.4 is 4.74 Å². The average Bonchev–Trinajstić information content (AvgIpc) is 3.28. The Morgan fingerprint density at radius 2 is 1.73 bits per heavy atom. The molecule has 0 aliphatic carbocycles. The topological polar surface area (TPSA) is 132 Å². The van der Waals surface area contributed by atoms with Crippen LogP contribution in [0.15, 0.2) is 57.9 Å². The summed E-state index contributed by atoms with van der Waals surface area (Å²) in [4.78, 5) is 16.9. The van der Waals surface area contributed by atoms with Crippen molar-refractivity contribution in [2.45, 2.75) is 18.4 Å². The van der Waals surface area contributed by atoms with Crippen LogP contribution in [0.2, 0.25) is 0 Å². The molecule has 0 saturated carbocycles. The lowest BCUT2D eigenvalue weighted by molar-refractivity contribution is -0.384. The molecule has 0 radical (unpaired) electrons. The highest BCUT2D eigenvalue weighted by Crippen LogP contribution is 2.23. The third-order valence-electron chi connectivity index (χ3n) is 5.27. The monoisotopic (exact) mass is 473 g/mol. The second-order valence-corrected chi connectivity index (χ2v) is 9.34. The number of piperazine rings is 1. The smallest absolute Gasteiger partial charge is 0.269 e. The standard InChI is InChI=1S/C21H23N5O6S/c1-2-31-18-7-9-19(10-8-18)33(29,30)25-13-11-24(12-14-25)15-20-22-21(23-32-20)16-3-5-17(6-4-16)26(27)28/h3-10H,2,11-15H2,1H3. The normalized spacial score (nSPS) is 15.4. The van der Waals surface area contributed by atoms with Crippen LogP contribution in [0.3, 0.4) is 0 Å². The van der Waals surface area contributed by atoms with Crippen molar-refractivity contribution in [3.63, 3.8) is 0 Å². The Morgan fingerprint density at radius 3 is 2.33 bits per heavy atom. The molecule has 174 valence electrons. The zero-order valence-corrected chi connectivity index (χ0v) is 18.8. The number of ether oxygens (including phenoxy) is 1. The van der Waals surface area contributed by atoms with Crippen molar-refractivity contribution in [3.8, 4) is 17.1 Å². The van der Waals surface area contributed by atoms with Crippen LogP contribution in [-0.4, -0.2) is 65.5 Å². The van der Waals surface area contributed by atoms with Crippen LogP contribution >= 0.6 is 0 Å². The fourth-order valence-electron chi connectivity index (χ4n) is 3.51. The maximum Gasteiger partial charge on any atom is 0.269 e. The van der Waals surface area contributed by atoms with Gasteiger partial charge in [0, 0.05) is 43.9 Å². The third-order valence-corrected chi connectivity index (χ3v) is 7.18. The summed E-state index contributed by atoms with van der Waals surface area (Å²) in [5.74, 6) is 1.37. The maximum atomic E-state index is 12.9. The Kier molecular flexibility index (Phi) is 6.67. The van der Waals surface area contributed by atoms with E-state index in [0.29, 0.717) is 62.4 Å². The SMILES string of the molecule is CCOc1ccc(S(=O)(=O)N2CCN(Cc3nc(-c4ccc([N+](=O)[O-])cc4)no3)CC2)cc1. The highest BCUT2D eigenvalue weighted by molar-refractivity contribution is 7.89. The van der Waals surface area contributed by atoms with E-state index in [1.54, 1.807) is 36.4 Å². The van der Waals surface area contributed by atoms with Gasteiger partial charge in [-0.2, -0.15) is 9.29 Å². The Balaban J connectivity index is 1.34. The highest BCUT2D eigenvalue weighted by atomic mass is 32.2. The Labute approximate surface area is 190 Å². The number of benzene rings is 2. The van der Waals surface area contributed by atoms with Gasteiger partial charge in [0.1, 0.15) is 5.75 Å². The fourth-order valence-corrected chi connectivity index (χ4v) is 4.93. The number of hydrogen-bond donors (Lipinski definition) is 0. The predicted octanol–water partition coefficient (Wildman–Crippen LogP) is 2.55. The minimum atomic E-state index is -3.58. The van der Waals surface area contributed by atoms with Crippen molar-refractivity contribution in [3.05, 3.63) is 64.5 Å². The van der Waals surface area contributed by atoms with E-state index in [1.807, 2.05) is 11.8 Å². The van der Waals surface area contributed by atoms with E-state index >= 15 is 0 Å². The van der Waals surface area contributed by atoms with Crippen LogP contribution in [0.25, 0.3) is 11.4 Å². The van der Waals surface area contributed by atoms with Gasteiger partial charge in [-0.15, -0.1) is 0 Å². The van der Waals surface area contributed by atoms with Gasteiger partial charge in [0.25, 0.3) is 5.69 Å². The number of sulfonamides is 1. The zero-order valence-electron chi connectivity index (χ0n) is 18.0. The summed E-state index contributed by atoms with van der Waals surface area (Å²) >= 11 is 0. The molecule has 1 aliphatic heterocycles. The molecule has 11 nitrogen and oxygen atoms in total. The van der Waals surface area contributed by atoms with E-state index in [1.165, 1.54) is 16.4 Å².